The maximum atomic E-state index is 6.12. The van der Waals surface area contributed by atoms with Crippen molar-refractivity contribution in [1.29, 1.82) is 0 Å². The molecule has 116 valence electrons. The van der Waals surface area contributed by atoms with Crippen molar-refractivity contribution in [3.05, 3.63) is 66.7 Å². The molecule has 0 heterocycles. The first-order valence-electron chi connectivity index (χ1n) is 8.59. The minimum absolute atomic E-state index is 0.748. The van der Waals surface area contributed by atoms with Crippen molar-refractivity contribution in [2.45, 2.75) is 13.3 Å². The quantitative estimate of drug-likeness (QED) is 0.272. The highest BCUT2D eigenvalue weighted by atomic mass is 16.5. The van der Waals surface area contributed by atoms with Crippen LogP contribution in [0.4, 0.5) is 0 Å². The molecule has 1 nitrogen and oxygen atoms in total. The first-order valence-corrected chi connectivity index (χ1v) is 8.59. The average molecular weight is 310 g/mol. The van der Waals surface area contributed by atoms with E-state index >= 15 is 0 Å². The van der Waals surface area contributed by atoms with E-state index in [1.54, 1.807) is 0 Å². The summed E-state index contributed by atoms with van der Waals surface area (Å²) in [6, 6.07) is 24.1. The highest BCUT2D eigenvalue weighted by Gasteiger charge is 2.15. The Morgan fingerprint density at radius 1 is 0.625 bits per heavy atom. The molecule has 0 radical (unpaired) electrons. The van der Waals surface area contributed by atoms with Crippen LogP contribution in [0.2, 0.25) is 0 Å². The predicted molar refractivity (Wildman–Crippen MR) is 103 cm³/mol. The molecule has 0 spiro atoms. The summed E-state index contributed by atoms with van der Waals surface area (Å²) in [7, 11) is 0. The summed E-state index contributed by atoms with van der Waals surface area (Å²) >= 11 is 0. The van der Waals surface area contributed by atoms with E-state index in [-0.39, 0.29) is 0 Å². The van der Waals surface area contributed by atoms with Gasteiger partial charge in [-0.1, -0.05) is 67.6 Å². The average Bonchev–Trinajstić information content (AvgIpc) is 2.64. The lowest BCUT2D eigenvalue weighted by Gasteiger charge is -2.17. The largest absolute Gasteiger partial charge is 0.493 e. The third-order valence-corrected chi connectivity index (χ3v) is 4.93. The van der Waals surface area contributed by atoms with E-state index in [0.29, 0.717) is 0 Å². The smallest absolute Gasteiger partial charge is 0.127 e. The van der Waals surface area contributed by atoms with Gasteiger partial charge < -0.3 is 4.74 Å². The van der Waals surface area contributed by atoms with Gasteiger partial charge in [-0.15, -0.1) is 0 Å². The van der Waals surface area contributed by atoms with Crippen LogP contribution in [-0.2, 0) is 0 Å². The van der Waals surface area contributed by atoms with Gasteiger partial charge in [0.2, 0.25) is 0 Å². The molecule has 0 saturated carbocycles. The van der Waals surface area contributed by atoms with Gasteiger partial charge in [0.05, 0.1) is 6.61 Å². The fourth-order valence-electron chi connectivity index (χ4n) is 3.96. The van der Waals surface area contributed by atoms with Gasteiger partial charge >= 0.3 is 0 Å². The van der Waals surface area contributed by atoms with Crippen molar-refractivity contribution in [3.8, 4) is 5.75 Å². The van der Waals surface area contributed by atoms with E-state index in [1.807, 2.05) is 0 Å². The second-order valence-electron chi connectivity index (χ2n) is 6.40. The van der Waals surface area contributed by atoms with Crippen LogP contribution < -0.4 is 4.74 Å². The van der Waals surface area contributed by atoms with Crippen LogP contribution in [0.1, 0.15) is 13.3 Å². The van der Waals surface area contributed by atoms with Crippen LogP contribution in [0.5, 0.6) is 5.75 Å². The lowest BCUT2D eigenvalue weighted by molar-refractivity contribution is 0.321. The van der Waals surface area contributed by atoms with Crippen LogP contribution >= 0.6 is 0 Å². The minimum Gasteiger partial charge on any atom is -0.493 e. The second-order valence-corrected chi connectivity index (χ2v) is 6.40. The maximum Gasteiger partial charge on any atom is 0.127 e. The Labute approximate surface area is 140 Å². The summed E-state index contributed by atoms with van der Waals surface area (Å²) in [6.45, 7) is 2.90. The van der Waals surface area contributed by atoms with Crippen molar-refractivity contribution >= 4 is 43.1 Å². The van der Waals surface area contributed by atoms with Crippen LogP contribution in [0.25, 0.3) is 43.1 Å². The van der Waals surface area contributed by atoms with Gasteiger partial charge in [0.1, 0.15) is 5.75 Å². The third kappa shape index (κ3) is 1.75. The van der Waals surface area contributed by atoms with Crippen molar-refractivity contribution < 1.29 is 4.74 Å². The highest BCUT2D eigenvalue weighted by Crippen LogP contribution is 2.43. The van der Waals surface area contributed by atoms with Crippen LogP contribution in [0.15, 0.2) is 66.7 Å². The molecule has 0 amide bonds. The van der Waals surface area contributed by atoms with Gasteiger partial charge in [0.25, 0.3) is 0 Å². The first-order chi connectivity index (χ1) is 11.9. The van der Waals surface area contributed by atoms with Gasteiger partial charge in [-0.3, -0.25) is 0 Å². The summed E-state index contributed by atoms with van der Waals surface area (Å²) in [5, 5.41) is 10.4. The molecule has 0 aliphatic rings. The summed E-state index contributed by atoms with van der Waals surface area (Å²) in [5.74, 6) is 0.999. The molecule has 5 aromatic rings. The topological polar surface area (TPSA) is 9.23 Å². The molecule has 24 heavy (non-hydrogen) atoms. The van der Waals surface area contributed by atoms with Crippen LogP contribution in [-0.4, -0.2) is 6.61 Å². The van der Waals surface area contributed by atoms with Gasteiger partial charge in [-0.2, -0.15) is 0 Å². The second kappa shape index (κ2) is 5.10. The van der Waals surface area contributed by atoms with E-state index in [4.69, 9.17) is 4.74 Å². The van der Waals surface area contributed by atoms with Crippen LogP contribution in [0, 0.1) is 0 Å². The highest BCUT2D eigenvalue weighted by molar-refractivity contribution is 6.34. The zero-order valence-electron chi connectivity index (χ0n) is 13.7. The third-order valence-electron chi connectivity index (χ3n) is 4.93. The molecular weight excluding hydrogens is 292 g/mol. The van der Waals surface area contributed by atoms with E-state index in [2.05, 4.69) is 73.7 Å². The van der Waals surface area contributed by atoms with Crippen LogP contribution in [0.3, 0.4) is 0 Å². The number of hydrogen-bond donors (Lipinski definition) is 0. The Bertz CT molecular complexity index is 1180. The van der Waals surface area contributed by atoms with E-state index < -0.39 is 0 Å². The molecule has 0 N–H and O–H groups in total. The monoisotopic (exact) mass is 310 g/mol. The number of benzene rings is 5. The van der Waals surface area contributed by atoms with Gasteiger partial charge in [0.15, 0.2) is 0 Å². The SMILES string of the molecule is CCCOc1ccc2cccc3c4cccc5cccc(c1c23)c54. The van der Waals surface area contributed by atoms with Crippen molar-refractivity contribution in [2.24, 2.45) is 0 Å². The standard InChI is InChI=1S/C23H18O/c1-2-14-24-20-13-12-16-8-4-10-18-17-9-3-6-15-7-5-11-19(21(15)17)23(20)22(16)18/h3-13H,2,14H2,1H3. The number of hydrogen-bond acceptors (Lipinski definition) is 1. The Balaban J connectivity index is 2.10. The molecule has 0 aliphatic heterocycles. The molecule has 5 rings (SSSR count). The van der Waals surface area contributed by atoms with Gasteiger partial charge in [-0.05, 0) is 44.8 Å². The molecular formula is C23H18O. The van der Waals surface area contributed by atoms with Crippen molar-refractivity contribution in [1.82, 2.24) is 0 Å². The number of fused-ring (bicyclic) bond motifs is 2. The lowest BCUT2D eigenvalue weighted by Crippen LogP contribution is -1.97. The van der Waals surface area contributed by atoms with Gasteiger partial charge in [-0.25, -0.2) is 0 Å². The Morgan fingerprint density at radius 3 is 1.96 bits per heavy atom. The molecule has 0 fully saturated rings. The lowest BCUT2D eigenvalue weighted by atomic mass is 9.89. The summed E-state index contributed by atoms with van der Waals surface area (Å²) in [4.78, 5) is 0. The molecule has 0 unspecified atom stereocenters. The number of rotatable bonds is 3. The molecule has 0 aliphatic carbocycles. The summed E-state index contributed by atoms with van der Waals surface area (Å²) < 4.78 is 6.12. The van der Waals surface area contributed by atoms with E-state index in [9.17, 15) is 0 Å². The van der Waals surface area contributed by atoms with Crippen molar-refractivity contribution in [2.75, 3.05) is 6.61 Å². The molecule has 1 heteroatoms. The zero-order valence-corrected chi connectivity index (χ0v) is 13.7. The molecule has 0 bridgehead atoms. The molecule has 0 saturated heterocycles. The van der Waals surface area contributed by atoms with E-state index in [1.165, 1.54) is 43.1 Å². The zero-order chi connectivity index (χ0) is 16.1. The Hall–Kier alpha value is -2.80. The summed E-state index contributed by atoms with van der Waals surface area (Å²) in [5.41, 5.74) is 0. The molecule has 5 aromatic carbocycles. The number of ether oxygens (including phenoxy) is 1. The van der Waals surface area contributed by atoms with Gasteiger partial charge in [0, 0.05) is 10.8 Å². The fourth-order valence-corrected chi connectivity index (χ4v) is 3.96. The minimum atomic E-state index is 0.748. The normalized spacial score (nSPS) is 11.9. The summed E-state index contributed by atoms with van der Waals surface area (Å²) in [6.07, 6.45) is 1.01. The Kier molecular flexibility index (Phi) is 2.90. The fraction of sp³-hybridized carbons (Fsp3) is 0.130. The molecule has 0 atom stereocenters. The Morgan fingerprint density at radius 2 is 1.25 bits per heavy atom. The first kappa shape index (κ1) is 13.6. The maximum absolute atomic E-state index is 6.12. The van der Waals surface area contributed by atoms with E-state index in [0.717, 1.165) is 18.8 Å². The molecule has 0 aromatic heterocycles. The van der Waals surface area contributed by atoms with Crippen molar-refractivity contribution in [3.63, 3.8) is 0 Å². The predicted octanol–water partition coefficient (Wildman–Crippen LogP) is 6.53.